The first-order valence-corrected chi connectivity index (χ1v) is 10.1. The van der Waals surface area contributed by atoms with Gasteiger partial charge in [0.05, 0.1) is 23.0 Å². The molecule has 0 aromatic heterocycles. The number of hydrogen-bond acceptors (Lipinski definition) is 3. The van der Waals surface area contributed by atoms with Crippen molar-refractivity contribution in [3.05, 3.63) is 106 Å². The molecule has 0 saturated heterocycles. The number of nitrogens with zero attached hydrogens (tertiary/aromatic N) is 2. The largest absolute Gasteiger partial charge is 0.478 e. The fraction of sp³-hybridized carbons (Fsp3) is 0.0833. The summed E-state index contributed by atoms with van der Waals surface area (Å²) in [5.41, 5.74) is 4.12. The Kier molecular flexibility index (Phi) is 5.88. The highest BCUT2D eigenvalue weighted by Crippen LogP contribution is 2.36. The maximum Gasteiger partial charge on any atom is 0.335 e. The van der Waals surface area contributed by atoms with Crippen LogP contribution in [0.3, 0.4) is 0 Å². The van der Waals surface area contributed by atoms with E-state index >= 15 is 0 Å². The van der Waals surface area contributed by atoms with Gasteiger partial charge >= 0.3 is 5.97 Å². The molecule has 1 aliphatic rings. The second-order valence-electron chi connectivity index (χ2n) is 6.94. The Balaban J connectivity index is 1.65. The van der Waals surface area contributed by atoms with E-state index < -0.39 is 5.97 Å². The van der Waals surface area contributed by atoms with Crippen molar-refractivity contribution in [3.8, 4) is 0 Å². The van der Waals surface area contributed by atoms with Gasteiger partial charge in [0.25, 0.3) is 0 Å². The van der Waals surface area contributed by atoms with Gasteiger partial charge in [-0.1, -0.05) is 53.5 Å². The molecular weight excluding hydrogens is 419 g/mol. The van der Waals surface area contributed by atoms with Gasteiger partial charge in [0.1, 0.15) is 0 Å². The minimum absolute atomic E-state index is 0.0113. The molecule has 1 aliphatic heterocycles. The fourth-order valence-corrected chi connectivity index (χ4v) is 3.59. The van der Waals surface area contributed by atoms with Crippen molar-refractivity contribution in [1.29, 1.82) is 0 Å². The Labute approximate surface area is 184 Å². The number of allylic oxidation sites excluding steroid dienone is 1. The second kappa shape index (κ2) is 8.74. The first-order chi connectivity index (χ1) is 14.5. The van der Waals surface area contributed by atoms with E-state index in [0.29, 0.717) is 16.5 Å². The van der Waals surface area contributed by atoms with Crippen LogP contribution < -0.4 is 5.01 Å². The van der Waals surface area contributed by atoms with E-state index in [1.165, 1.54) is 0 Å². The van der Waals surface area contributed by atoms with Crippen molar-refractivity contribution in [2.75, 3.05) is 5.01 Å². The molecule has 3 aromatic rings. The summed E-state index contributed by atoms with van der Waals surface area (Å²) in [4.78, 5) is 11.2. The Morgan fingerprint density at radius 2 is 1.50 bits per heavy atom. The van der Waals surface area contributed by atoms with Crippen molar-refractivity contribution in [1.82, 2.24) is 0 Å². The van der Waals surface area contributed by atoms with Crippen LogP contribution in [0.5, 0.6) is 0 Å². The van der Waals surface area contributed by atoms with Crippen LogP contribution in [0.4, 0.5) is 5.69 Å². The number of rotatable bonds is 5. The number of benzene rings is 3. The Hall–Kier alpha value is -3.08. The number of carboxylic acids is 1. The van der Waals surface area contributed by atoms with E-state index in [0.717, 1.165) is 22.5 Å². The van der Waals surface area contributed by atoms with Crippen LogP contribution in [0, 0.1) is 0 Å². The third-order valence-corrected chi connectivity index (χ3v) is 5.41. The molecule has 3 aromatic carbocycles. The SMILES string of the molecule is O=C(O)c1ccc(N2N=C(/C=C/c3ccc(Cl)cc3)CC2c2ccc(Cl)cc2)cc1. The van der Waals surface area contributed by atoms with Gasteiger partial charge in [-0.3, -0.25) is 5.01 Å². The molecule has 30 heavy (non-hydrogen) atoms. The number of anilines is 1. The predicted molar refractivity (Wildman–Crippen MR) is 123 cm³/mol. The first-order valence-electron chi connectivity index (χ1n) is 9.39. The maximum atomic E-state index is 11.2. The molecule has 150 valence electrons. The normalized spacial score (nSPS) is 16.1. The zero-order valence-electron chi connectivity index (χ0n) is 15.9. The molecule has 6 heteroatoms. The highest BCUT2D eigenvalue weighted by atomic mass is 35.5. The number of hydrogen-bond donors (Lipinski definition) is 1. The Morgan fingerprint density at radius 3 is 2.10 bits per heavy atom. The van der Waals surface area contributed by atoms with E-state index in [1.54, 1.807) is 24.3 Å². The van der Waals surface area contributed by atoms with Crippen LogP contribution in [-0.2, 0) is 0 Å². The highest BCUT2D eigenvalue weighted by molar-refractivity contribution is 6.30. The standard InChI is InChI=1S/C24H18Cl2N2O2/c25-19-8-1-16(2-9-19)3-12-21-15-23(17-4-10-20(26)11-5-17)28(27-21)22-13-6-18(7-14-22)24(29)30/h1-14,23H,15H2,(H,29,30)/b12-3+. The van der Waals surface area contributed by atoms with Gasteiger partial charge in [0.2, 0.25) is 0 Å². The molecule has 0 aliphatic carbocycles. The molecule has 0 amide bonds. The Bertz CT molecular complexity index is 1110. The summed E-state index contributed by atoms with van der Waals surface area (Å²) in [6, 6.07) is 22.1. The third-order valence-electron chi connectivity index (χ3n) is 4.91. The topological polar surface area (TPSA) is 52.9 Å². The summed E-state index contributed by atoms with van der Waals surface area (Å²) >= 11 is 12.0. The number of carboxylic acid groups (broad SMARTS) is 1. The molecule has 1 unspecified atom stereocenters. The highest BCUT2D eigenvalue weighted by Gasteiger charge is 2.28. The van der Waals surface area contributed by atoms with Gasteiger partial charge < -0.3 is 5.11 Å². The van der Waals surface area contributed by atoms with Crippen molar-refractivity contribution in [2.24, 2.45) is 5.10 Å². The molecule has 0 fully saturated rings. The minimum Gasteiger partial charge on any atom is -0.478 e. The van der Waals surface area contributed by atoms with E-state index in [2.05, 4.69) is 0 Å². The molecule has 0 saturated carbocycles. The van der Waals surface area contributed by atoms with E-state index in [1.807, 2.05) is 65.7 Å². The number of halogens is 2. The van der Waals surface area contributed by atoms with Crippen LogP contribution in [-0.4, -0.2) is 16.8 Å². The summed E-state index contributed by atoms with van der Waals surface area (Å²) in [5.74, 6) is -0.952. The zero-order valence-corrected chi connectivity index (χ0v) is 17.4. The molecule has 0 spiro atoms. The number of aromatic carboxylic acids is 1. The molecular formula is C24H18Cl2N2O2. The average molecular weight is 437 g/mol. The smallest absolute Gasteiger partial charge is 0.335 e. The minimum atomic E-state index is -0.952. The average Bonchev–Trinajstić information content (AvgIpc) is 3.18. The van der Waals surface area contributed by atoms with Gasteiger partial charge in [-0.25, -0.2) is 4.79 Å². The Morgan fingerprint density at radius 1 is 0.900 bits per heavy atom. The first kappa shape index (κ1) is 20.2. The van der Waals surface area contributed by atoms with Crippen LogP contribution in [0.25, 0.3) is 6.08 Å². The van der Waals surface area contributed by atoms with Crippen LogP contribution in [0.2, 0.25) is 10.0 Å². The van der Waals surface area contributed by atoms with E-state index in [9.17, 15) is 4.79 Å². The molecule has 1 atom stereocenters. The van der Waals surface area contributed by atoms with Crippen molar-refractivity contribution < 1.29 is 9.90 Å². The van der Waals surface area contributed by atoms with Crippen LogP contribution in [0.15, 0.2) is 84.0 Å². The lowest BCUT2D eigenvalue weighted by Gasteiger charge is -2.24. The van der Waals surface area contributed by atoms with Gasteiger partial charge in [-0.15, -0.1) is 0 Å². The fourth-order valence-electron chi connectivity index (χ4n) is 3.34. The van der Waals surface area contributed by atoms with Gasteiger partial charge in [0, 0.05) is 16.5 Å². The lowest BCUT2D eigenvalue weighted by Crippen LogP contribution is -2.18. The summed E-state index contributed by atoms with van der Waals surface area (Å²) < 4.78 is 0. The lowest BCUT2D eigenvalue weighted by atomic mass is 10.0. The lowest BCUT2D eigenvalue weighted by molar-refractivity contribution is 0.0697. The molecule has 1 N–H and O–H groups in total. The van der Waals surface area contributed by atoms with Crippen LogP contribution in [0.1, 0.15) is 33.9 Å². The molecule has 0 bridgehead atoms. The van der Waals surface area contributed by atoms with Gasteiger partial charge in [-0.05, 0) is 65.7 Å². The van der Waals surface area contributed by atoms with E-state index in [-0.39, 0.29) is 11.6 Å². The number of hydrazone groups is 1. The van der Waals surface area contributed by atoms with E-state index in [4.69, 9.17) is 33.4 Å². The van der Waals surface area contributed by atoms with Gasteiger partial charge in [0.15, 0.2) is 0 Å². The molecule has 0 radical (unpaired) electrons. The maximum absolute atomic E-state index is 11.2. The van der Waals surface area contributed by atoms with Crippen molar-refractivity contribution in [3.63, 3.8) is 0 Å². The summed E-state index contributed by atoms with van der Waals surface area (Å²) in [7, 11) is 0. The molecule has 4 rings (SSSR count). The van der Waals surface area contributed by atoms with Crippen LogP contribution >= 0.6 is 23.2 Å². The molecule has 1 heterocycles. The van der Waals surface area contributed by atoms with Gasteiger partial charge in [-0.2, -0.15) is 5.10 Å². The van der Waals surface area contributed by atoms with Crippen molar-refractivity contribution >= 4 is 46.6 Å². The summed E-state index contributed by atoms with van der Waals surface area (Å²) in [5, 5.41) is 17.3. The zero-order chi connectivity index (χ0) is 21.1. The number of carbonyl (C=O) groups is 1. The monoisotopic (exact) mass is 436 g/mol. The predicted octanol–water partition coefficient (Wildman–Crippen LogP) is 6.71. The molecule has 4 nitrogen and oxygen atoms in total. The van der Waals surface area contributed by atoms with Crippen molar-refractivity contribution in [2.45, 2.75) is 12.5 Å². The summed E-state index contributed by atoms with van der Waals surface area (Å²) in [6.45, 7) is 0. The third kappa shape index (κ3) is 4.56. The quantitative estimate of drug-likeness (QED) is 0.483. The second-order valence-corrected chi connectivity index (χ2v) is 7.82. The summed E-state index contributed by atoms with van der Waals surface area (Å²) in [6.07, 6.45) is 4.72.